The molecule has 3 heteroatoms. The van der Waals surface area contributed by atoms with Gasteiger partial charge >= 0.3 is 0 Å². The standard InChI is InChI=1S/C16H27NO2/c1-4-16(17-11-5-6-13(2)12-18)14-7-9-15(19-3)10-8-14/h7-10,13,16-18H,4-6,11-12H2,1-3H3. The Labute approximate surface area is 117 Å². The lowest BCUT2D eigenvalue weighted by Gasteiger charge is -2.18. The van der Waals surface area contributed by atoms with Crippen molar-refractivity contribution in [3.63, 3.8) is 0 Å². The van der Waals surface area contributed by atoms with Crippen LogP contribution >= 0.6 is 0 Å². The van der Waals surface area contributed by atoms with E-state index in [0.717, 1.165) is 31.6 Å². The van der Waals surface area contributed by atoms with Crippen molar-refractivity contribution < 1.29 is 9.84 Å². The number of rotatable bonds is 9. The van der Waals surface area contributed by atoms with Gasteiger partial charge in [-0.2, -0.15) is 0 Å². The Balaban J connectivity index is 2.39. The lowest BCUT2D eigenvalue weighted by molar-refractivity contribution is 0.227. The van der Waals surface area contributed by atoms with Crippen LogP contribution in [0.5, 0.6) is 5.75 Å². The van der Waals surface area contributed by atoms with Crippen LogP contribution in [0.25, 0.3) is 0 Å². The van der Waals surface area contributed by atoms with Crippen molar-refractivity contribution in [3.8, 4) is 5.75 Å². The molecule has 0 aromatic heterocycles. The molecule has 0 aliphatic carbocycles. The quantitative estimate of drug-likeness (QED) is 0.674. The zero-order valence-electron chi connectivity index (χ0n) is 12.4. The molecule has 0 aliphatic heterocycles. The second-order valence-electron chi connectivity index (χ2n) is 5.12. The number of ether oxygens (including phenoxy) is 1. The van der Waals surface area contributed by atoms with E-state index < -0.39 is 0 Å². The van der Waals surface area contributed by atoms with Crippen LogP contribution in [0, 0.1) is 5.92 Å². The van der Waals surface area contributed by atoms with E-state index in [2.05, 4.69) is 31.3 Å². The number of benzene rings is 1. The van der Waals surface area contributed by atoms with Crippen LogP contribution in [0.1, 0.15) is 44.7 Å². The van der Waals surface area contributed by atoms with Gasteiger partial charge in [-0.3, -0.25) is 0 Å². The van der Waals surface area contributed by atoms with Crippen LogP contribution in [-0.4, -0.2) is 25.4 Å². The van der Waals surface area contributed by atoms with Crippen LogP contribution in [0.15, 0.2) is 24.3 Å². The molecule has 0 fully saturated rings. The highest BCUT2D eigenvalue weighted by molar-refractivity contribution is 5.29. The maximum Gasteiger partial charge on any atom is 0.118 e. The van der Waals surface area contributed by atoms with Gasteiger partial charge in [0.2, 0.25) is 0 Å². The van der Waals surface area contributed by atoms with Crippen LogP contribution in [0.2, 0.25) is 0 Å². The molecule has 2 N–H and O–H groups in total. The Bertz CT molecular complexity index is 337. The van der Waals surface area contributed by atoms with Gasteiger partial charge in [0, 0.05) is 12.6 Å². The second-order valence-corrected chi connectivity index (χ2v) is 5.12. The molecule has 1 rings (SSSR count). The van der Waals surface area contributed by atoms with Crippen LogP contribution < -0.4 is 10.1 Å². The molecule has 1 aromatic carbocycles. The van der Waals surface area contributed by atoms with Gasteiger partial charge in [-0.05, 0) is 49.4 Å². The van der Waals surface area contributed by atoms with E-state index in [4.69, 9.17) is 9.84 Å². The molecule has 1 aromatic rings. The van der Waals surface area contributed by atoms with E-state index in [1.165, 1.54) is 5.56 Å². The van der Waals surface area contributed by atoms with Gasteiger partial charge in [0.25, 0.3) is 0 Å². The number of aliphatic hydroxyl groups excluding tert-OH is 1. The molecule has 0 aliphatic rings. The fourth-order valence-corrected chi connectivity index (χ4v) is 2.15. The molecule has 0 bridgehead atoms. The van der Waals surface area contributed by atoms with Crippen molar-refractivity contribution in [2.24, 2.45) is 5.92 Å². The number of aliphatic hydroxyl groups is 1. The van der Waals surface area contributed by atoms with Crippen molar-refractivity contribution in [3.05, 3.63) is 29.8 Å². The minimum absolute atomic E-state index is 0.287. The number of methoxy groups -OCH3 is 1. The molecule has 108 valence electrons. The molecule has 0 spiro atoms. The molecule has 2 unspecified atom stereocenters. The first-order valence-corrected chi connectivity index (χ1v) is 7.19. The lowest BCUT2D eigenvalue weighted by Crippen LogP contribution is -2.22. The monoisotopic (exact) mass is 265 g/mol. The SMILES string of the molecule is CCC(NCCCC(C)CO)c1ccc(OC)cc1. The van der Waals surface area contributed by atoms with Gasteiger partial charge in [0.1, 0.15) is 5.75 Å². The normalized spacial score (nSPS) is 14.1. The molecule has 0 amide bonds. The number of hydrogen-bond donors (Lipinski definition) is 2. The van der Waals surface area contributed by atoms with Gasteiger partial charge in [0.15, 0.2) is 0 Å². The Morgan fingerprint density at radius 2 is 1.95 bits per heavy atom. The summed E-state index contributed by atoms with van der Waals surface area (Å²) in [5.74, 6) is 1.30. The third-order valence-electron chi connectivity index (χ3n) is 3.50. The van der Waals surface area contributed by atoms with E-state index in [1.807, 2.05) is 12.1 Å². The largest absolute Gasteiger partial charge is 0.497 e. The van der Waals surface area contributed by atoms with Gasteiger partial charge in [-0.25, -0.2) is 0 Å². The summed E-state index contributed by atoms with van der Waals surface area (Å²) < 4.78 is 5.18. The van der Waals surface area contributed by atoms with Gasteiger partial charge in [-0.15, -0.1) is 0 Å². The average Bonchev–Trinajstić information content (AvgIpc) is 2.47. The molecule has 0 heterocycles. The van der Waals surface area contributed by atoms with E-state index in [1.54, 1.807) is 7.11 Å². The predicted octanol–water partition coefficient (Wildman–Crippen LogP) is 3.14. The summed E-state index contributed by atoms with van der Waals surface area (Å²) >= 11 is 0. The highest BCUT2D eigenvalue weighted by Gasteiger charge is 2.08. The summed E-state index contributed by atoms with van der Waals surface area (Å²) in [7, 11) is 1.69. The molecule has 2 atom stereocenters. The van der Waals surface area contributed by atoms with Gasteiger partial charge < -0.3 is 15.2 Å². The summed E-state index contributed by atoms with van der Waals surface area (Å²) in [6.45, 7) is 5.56. The predicted molar refractivity (Wildman–Crippen MR) is 79.5 cm³/mol. The average molecular weight is 265 g/mol. The first-order valence-electron chi connectivity index (χ1n) is 7.19. The van der Waals surface area contributed by atoms with Crippen molar-refractivity contribution in [1.29, 1.82) is 0 Å². The molecule has 0 radical (unpaired) electrons. The maximum atomic E-state index is 8.98. The maximum absolute atomic E-state index is 8.98. The molecule has 19 heavy (non-hydrogen) atoms. The summed E-state index contributed by atoms with van der Waals surface area (Å²) in [6.07, 6.45) is 3.25. The Kier molecular flexibility index (Phi) is 7.53. The highest BCUT2D eigenvalue weighted by Crippen LogP contribution is 2.20. The smallest absolute Gasteiger partial charge is 0.118 e. The van der Waals surface area contributed by atoms with Crippen molar-refractivity contribution in [2.45, 2.75) is 39.2 Å². The first kappa shape index (κ1) is 16.0. The van der Waals surface area contributed by atoms with E-state index in [-0.39, 0.29) is 6.61 Å². The summed E-state index contributed by atoms with van der Waals surface area (Å²) in [5.41, 5.74) is 1.30. The van der Waals surface area contributed by atoms with Crippen LogP contribution in [0.3, 0.4) is 0 Å². The fraction of sp³-hybridized carbons (Fsp3) is 0.625. The fourth-order valence-electron chi connectivity index (χ4n) is 2.15. The molecular formula is C16H27NO2. The van der Waals surface area contributed by atoms with E-state index in [9.17, 15) is 0 Å². The van der Waals surface area contributed by atoms with Crippen LogP contribution in [-0.2, 0) is 0 Å². The topological polar surface area (TPSA) is 41.5 Å². The Morgan fingerprint density at radius 3 is 2.47 bits per heavy atom. The third-order valence-corrected chi connectivity index (χ3v) is 3.50. The first-order chi connectivity index (χ1) is 9.21. The van der Waals surface area contributed by atoms with Crippen molar-refractivity contribution in [2.75, 3.05) is 20.3 Å². The number of nitrogens with one attached hydrogen (secondary N) is 1. The van der Waals surface area contributed by atoms with Crippen LogP contribution in [0.4, 0.5) is 0 Å². The Hall–Kier alpha value is -1.06. The lowest BCUT2D eigenvalue weighted by atomic mass is 10.0. The van der Waals surface area contributed by atoms with Gasteiger partial charge in [-0.1, -0.05) is 26.0 Å². The molecular weight excluding hydrogens is 238 g/mol. The minimum atomic E-state index is 0.287. The Morgan fingerprint density at radius 1 is 1.26 bits per heavy atom. The minimum Gasteiger partial charge on any atom is -0.497 e. The summed E-state index contributed by atoms with van der Waals surface area (Å²) in [5, 5.41) is 12.6. The van der Waals surface area contributed by atoms with E-state index in [0.29, 0.717) is 12.0 Å². The highest BCUT2D eigenvalue weighted by atomic mass is 16.5. The molecule has 3 nitrogen and oxygen atoms in total. The van der Waals surface area contributed by atoms with E-state index >= 15 is 0 Å². The van der Waals surface area contributed by atoms with Gasteiger partial charge in [0.05, 0.1) is 7.11 Å². The third kappa shape index (κ3) is 5.62. The molecule has 0 saturated carbocycles. The number of hydrogen-bond acceptors (Lipinski definition) is 3. The zero-order chi connectivity index (χ0) is 14.1. The summed E-state index contributed by atoms with van der Waals surface area (Å²) in [6, 6.07) is 8.66. The molecule has 0 saturated heterocycles. The second kappa shape index (κ2) is 8.94. The zero-order valence-corrected chi connectivity index (χ0v) is 12.4. The van der Waals surface area contributed by atoms with Crippen molar-refractivity contribution in [1.82, 2.24) is 5.32 Å². The van der Waals surface area contributed by atoms with Crippen molar-refractivity contribution >= 4 is 0 Å². The summed E-state index contributed by atoms with van der Waals surface area (Å²) in [4.78, 5) is 0.